The summed E-state index contributed by atoms with van der Waals surface area (Å²) in [6.45, 7) is 3.20. The predicted molar refractivity (Wildman–Crippen MR) is 71.5 cm³/mol. The van der Waals surface area contributed by atoms with Crippen LogP contribution in [0.5, 0.6) is 0 Å². The Bertz CT molecular complexity index is 512. The largest absolute Gasteiger partial charge is 0.324 e. The first-order valence-electron chi connectivity index (χ1n) is 6.42. The van der Waals surface area contributed by atoms with Gasteiger partial charge in [0, 0.05) is 19.4 Å². The third-order valence-electron chi connectivity index (χ3n) is 3.06. The molecule has 1 aliphatic carbocycles. The fourth-order valence-corrected chi connectivity index (χ4v) is 2.01. The van der Waals surface area contributed by atoms with Crippen molar-refractivity contribution in [1.29, 1.82) is 0 Å². The number of benzene rings is 1. The highest BCUT2D eigenvalue weighted by molar-refractivity contribution is 6.00. The van der Waals surface area contributed by atoms with E-state index in [1.54, 1.807) is 17.9 Å². The molecular weight excluding hydrogens is 247 g/mol. The first kappa shape index (κ1) is 13.5. The van der Waals surface area contributed by atoms with Crippen molar-refractivity contribution in [2.45, 2.75) is 39.2 Å². The quantitative estimate of drug-likeness (QED) is 0.909. The molecule has 0 radical (unpaired) electrons. The van der Waals surface area contributed by atoms with E-state index in [4.69, 9.17) is 0 Å². The SMILES string of the molecule is CCC(=O)Nc1cc(F)ccc1N(C(C)=O)C1CC1. The van der Waals surface area contributed by atoms with Gasteiger partial charge in [0.2, 0.25) is 11.8 Å². The van der Waals surface area contributed by atoms with Crippen LogP contribution in [0.3, 0.4) is 0 Å². The first-order chi connectivity index (χ1) is 9.02. The Hall–Kier alpha value is -1.91. The highest BCUT2D eigenvalue weighted by atomic mass is 19.1. The lowest BCUT2D eigenvalue weighted by molar-refractivity contribution is -0.117. The normalized spacial score (nSPS) is 14.1. The van der Waals surface area contributed by atoms with Crippen molar-refractivity contribution in [3.63, 3.8) is 0 Å². The summed E-state index contributed by atoms with van der Waals surface area (Å²) in [4.78, 5) is 24.9. The Balaban J connectivity index is 2.37. The van der Waals surface area contributed by atoms with Gasteiger partial charge in [-0.15, -0.1) is 0 Å². The highest BCUT2D eigenvalue weighted by Gasteiger charge is 2.33. The van der Waals surface area contributed by atoms with E-state index >= 15 is 0 Å². The predicted octanol–water partition coefficient (Wildman–Crippen LogP) is 2.69. The van der Waals surface area contributed by atoms with Crippen molar-refractivity contribution in [1.82, 2.24) is 0 Å². The zero-order valence-electron chi connectivity index (χ0n) is 11.1. The van der Waals surface area contributed by atoms with Crippen molar-refractivity contribution in [2.24, 2.45) is 0 Å². The van der Waals surface area contributed by atoms with Gasteiger partial charge in [-0.1, -0.05) is 6.92 Å². The summed E-state index contributed by atoms with van der Waals surface area (Å²) in [6, 6.07) is 4.26. The van der Waals surface area contributed by atoms with Crippen LogP contribution < -0.4 is 10.2 Å². The summed E-state index contributed by atoms with van der Waals surface area (Å²) in [7, 11) is 0. The second-order valence-corrected chi connectivity index (χ2v) is 4.68. The van der Waals surface area contributed by atoms with E-state index < -0.39 is 5.82 Å². The molecule has 0 bridgehead atoms. The lowest BCUT2D eigenvalue weighted by Crippen LogP contribution is -2.31. The third kappa shape index (κ3) is 3.10. The Labute approximate surface area is 111 Å². The van der Waals surface area contributed by atoms with Crippen molar-refractivity contribution >= 4 is 23.2 Å². The van der Waals surface area contributed by atoms with Crippen molar-refractivity contribution < 1.29 is 14.0 Å². The second kappa shape index (κ2) is 5.38. The van der Waals surface area contributed by atoms with Crippen LogP contribution in [0.1, 0.15) is 33.1 Å². The molecule has 2 amide bonds. The van der Waals surface area contributed by atoms with Crippen LogP contribution in [-0.4, -0.2) is 17.9 Å². The molecule has 1 aromatic carbocycles. The van der Waals surface area contributed by atoms with Crippen LogP contribution in [0, 0.1) is 5.82 Å². The Morgan fingerprint density at radius 1 is 1.42 bits per heavy atom. The van der Waals surface area contributed by atoms with Crippen LogP contribution >= 0.6 is 0 Å². The van der Waals surface area contributed by atoms with Gasteiger partial charge in [0.15, 0.2) is 0 Å². The summed E-state index contributed by atoms with van der Waals surface area (Å²) >= 11 is 0. The van der Waals surface area contributed by atoms with Gasteiger partial charge < -0.3 is 10.2 Å². The van der Waals surface area contributed by atoms with E-state index in [0.29, 0.717) is 17.8 Å². The number of hydrogen-bond acceptors (Lipinski definition) is 2. The molecule has 0 saturated heterocycles. The second-order valence-electron chi connectivity index (χ2n) is 4.68. The Kier molecular flexibility index (Phi) is 3.83. The van der Waals surface area contributed by atoms with Gasteiger partial charge in [-0.25, -0.2) is 4.39 Å². The molecule has 1 aromatic rings. The van der Waals surface area contributed by atoms with Crippen LogP contribution in [-0.2, 0) is 9.59 Å². The summed E-state index contributed by atoms with van der Waals surface area (Å²) in [5.74, 6) is -0.735. The van der Waals surface area contributed by atoms with Gasteiger partial charge in [0.1, 0.15) is 5.82 Å². The first-order valence-corrected chi connectivity index (χ1v) is 6.42. The molecule has 0 unspecified atom stereocenters. The molecular formula is C14H17FN2O2. The average Bonchev–Trinajstić information content (AvgIpc) is 3.16. The number of rotatable bonds is 4. The standard InChI is InChI=1S/C14H17FN2O2/c1-3-14(19)16-12-8-10(15)4-7-13(12)17(9(2)18)11-5-6-11/h4,7-8,11H,3,5-6H2,1-2H3,(H,16,19). The molecule has 102 valence electrons. The van der Waals surface area contributed by atoms with Crippen LogP contribution in [0.25, 0.3) is 0 Å². The number of anilines is 2. The number of hydrogen-bond donors (Lipinski definition) is 1. The summed E-state index contributed by atoms with van der Waals surface area (Å²) in [5, 5.41) is 2.65. The number of carbonyl (C=O) groups is 2. The fraction of sp³-hybridized carbons (Fsp3) is 0.429. The lowest BCUT2D eigenvalue weighted by atomic mass is 10.2. The highest BCUT2D eigenvalue weighted by Crippen LogP contribution is 2.36. The van der Waals surface area contributed by atoms with Crippen molar-refractivity contribution in [3.8, 4) is 0 Å². The summed E-state index contributed by atoms with van der Waals surface area (Å²) in [6.07, 6.45) is 2.19. The maximum Gasteiger partial charge on any atom is 0.224 e. The van der Waals surface area contributed by atoms with Gasteiger partial charge in [0.05, 0.1) is 11.4 Å². The number of nitrogens with one attached hydrogen (secondary N) is 1. The zero-order chi connectivity index (χ0) is 14.0. The van der Waals surface area contributed by atoms with Gasteiger partial charge in [-0.2, -0.15) is 0 Å². The van der Waals surface area contributed by atoms with E-state index in [1.807, 2.05) is 0 Å². The maximum atomic E-state index is 13.3. The lowest BCUT2D eigenvalue weighted by Gasteiger charge is -2.24. The minimum Gasteiger partial charge on any atom is -0.324 e. The van der Waals surface area contributed by atoms with E-state index in [0.717, 1.165) is 12.8 Å². The minimum absolute atomic E-state index is 0.0962. The molecule has 1 N–H and O–H groups in total. The van der Waals surface area contributed by atoms with E-state index in [-0.39, 0.29) is 17.9 Å². The molecule has 0 atom stereocenters. The van der Waals surface area contributed by atoms with Crippen LogP contribution in [0.15, 0.2) is 18.2 Å². The van der Waals surface area contributed by atoms with E-state index in [9.17, 15) is 14.0 Å². The molecule has 2 rings (SSSR count). The number of amides is 2. The Morgan fingerprint density at radius 2 is 2.11 bits per heavy atom. The van der Waals surface area contributed by atoms with Crippen molar-refractivity contribution in [2.75, 3.05) is 10.2 Å². The van der Waals surface area contributed by atoms with Crippen LogP contribution in [0.2, 0.25) is 0 Å². The molecule has 0 heterocycles. The third-order valence-corrected chi connectivity index (χ3v) is 3.06. The minimum atomic E-state index is -0.436. The molecule has 0 spiro atoms. The molecule has 5 heteroatoms. The number of nitrogens with zero attached hydrogens (tertiary/aromatic N) is 1. The molecule has 1 saturated carbocycles. The van der Waals surface area contributed by atoms with E-state index in [1.165, 1.54) is 19.1 Å². The molecule has 1 fully saturated rings. The molecule has 4 nitrogen and oxygen atoms in total. The average molecular weight is 264 g/mol. The van der Waals surface area contributed by atoms with Gasteiger partial charge in [0.25, 0.3) is 0 Å². The van der Waals surface area contributed by atoms with Gasteiger partial charge in [-0.3, -0.25) is 9.59 Å². The zero-order valence-corrected chi connectivity index (χ0v) is 11.1. The topological polar surface area (TPSA) is 49.4 Å². The molecule has 0 aliphatic heterocycles. The summed E-state index contributed by atoms with van der Waals surface area (Å²) < 4.78 is 13.3. The number of carbonyl (C=O) groups excluding carboxylic acids is 2. The smallest absolute Gasteiger partial charge is 0.224 e. The van der Waals surface area contributed by atoms with E-state index in [2.05, 4.69) is 5.32 Å². The number of halogens is 1. The maximum absolute atomic E-state index is 13.3. The van der Waals surface area contributed by atoms with Gasteiger partial charge >= 0.3 is 0 Å². The fourth-order valence-electron chi connectivity index (χ4n) is 2.01. The summed E-state index contributed by atoms with van der Waals surface area (Å²) in [5.41, 5.74) is 0.923. The molecule has 0 aromatic heterocycles. The van der Waals surface area contributed by atoms with Crippen molar-refractivity contribution in [3.05, 3.63) is 24.0 Å². The Morgan fingerprint density at radius 3 is 2.63 bits per heavy atom. The van der Waals surface area contributed by atoms with Gasteiger partial charge in [-0.05, 0) is 31.0 Å². The molecule has 1 aliphatic rings. The molecule has 19 heavy (non-hydrogen) atoms. The van der Waals surface area contributed by atoms with Crippen LogP contribution in [0.4, 0.5) is 15.8 Å². The monoisotopic (exact) mass is 264 g/mol.